The van der Waals surface area contributed by atoms with Crippen molar-refractivity contribution in [2.45, 2.75) is 37.1 Å². The molecule has 1 aliphatic heterocycles. The molecule has 0 spiro atoms. The molecule has 0 amide bonds. The summed E-state index contributed by atoms with van der Waals surface area (Å²) in [5.41, 5.74) is -1.21. The minimum absolute atomic E-state index is 0.102. The van der Waals surface area contributed by atoms with Crippen LogP contribution in [0.3, 0.4) is 0 Å². The highest BCUT2D eigenvalue weighted by atomic mass is 32.2. The molecule has 28 heavy (non-hydrogen) atoms. The molecule has 1 saturated heterocycles. The van der Waals surface area contributed by atoms with E-state index >= 15 is 0 Å². The van der Waals surface area contributed by atoms with Gasteiger partial charge in [-0.2, -0.15) is 27.6 Å². The summed E-state index contributed by atoms with van der Waals surface area (Å²) in [7, 11) is -4.06. The zero-order chi connectivity index (χ0) is 20.1. The molecule has 1 unspecified atom stereocenters. The number of sulfonamides is 1. The van der Waals surface area contributed by atoms with Crippen LogP contribution < -0.4 is 0 Å². The number of aryl methyl sites for hydroxylation is 1. The Morgan fingerprint density at radius 2 is 2.11 bits per heavy atom. The van der Waals surface area contributed by atoms with Gasteiger partial charge in [0.2, 0.25) is 11.0 Å². The maximum absolute atomic E-state index is 13.0. The molecule has 3 aromatic heterocycles. The van der Waals surface area contributed by atoms with Gasteiger partial charge in [-0.1, -0.05) is 5.16 Å². The second-order valence-corrected chi connectivity index (χ2v) is 8.06. The van der Waals surface area contributed by atoms with Crippen LogP contribution in [0.1, 0.15) is 36.3 Å². The molecule has 0 aliphatic carbocycles. The van der Waals surface area contributed by atoms with Crippen molar-refractivity contribution in [2.75, 3.05) is 6.54 Å². The number of aromatic nitrogens is 4. The molecule has 0 bridgehead atoms. The number of furan rings is 1. The molecule has 1 fully saturated rings. The molecule has 3 aromatic rings. The number of hydrogen-bond acceptors (Lipinski definition) is 7. The lowest BCUT2D eigenvalue weighted by molar-refractivity contribution is -0.141. The Bertz CT molecular complexity index is 1100. The van der Waals surface area contributed by atoms with Gasteiger partial charge in [-0.05, 0) is 38.0 Å². The highest BCUT2D eigenvalue weighted by Gasteiger charge is 2.41. The minimum Gasteiger partial charge on any atom is -0.442 e. The first-order valence-electron chi connectivity index (χ1n) is 8.21. The number of halogens is 3. The first kappa shape index (κ1) is 18.7. The Kier molecular flexibility index (Phi) is 4.30. The van der Waals surface area contributed by atoms with Crippen LogP contribution in [0, 0.1) is 6.92 Å². The Balaban J connectivity index is 1.63. The van der Waals surface area contributed by atoms with E-state index in [1.807, 2.05) is 5.10 Å². The van der Waals surface area contributed by atoms with Gasteiger partial charge in [-0.25, -0.2) is 8.42 Å². The van der Waals surface area contributed by atoms with Gasteiger partial charge in [-0.3, -0.25) is 5.10 Å². The molecule has 1 aliphatic rings. The number of alkyl halides is 3. The number of H-pyrrole nitrogens is 1. The first-order chi connectivity index (χ1) is 13.2. The maximum Gasteiger partial charge on any atom is 0.432 e. The topological polar surface area (TPSA) is 118 Å². The van der Waals surface area contributed by atoms with Crippen LogP contribution in [-0.2, 0) is 16.2 Å². The van der Waals surface area contributed by atoms with Gasteiger partial charge in [-0.15, -0.1) is 0 Å². The Hall–Kier alpha value is -2.67. The summed E-state index contributed by atoms with van der Waals surface area (Å²) in [4.78, 5) is 4.09. The van der Waals surface area contributed by atoms with Crippen molar-refractivity contribution < 1.29 is 30.5 Å². The molecule has 13 heteroatoms. The summed E-state index contributed by atoms with van der Waals surface area (Å²) < 4.78 is 75.6. The predicted octanol–water partition coefficient (Wildman–Crippen LogP) is 2.91. The third-order valence-electron chi connectivity index (χ3n) is 4.31. The number of hydrogen-bond donors (Lipinski definition) is 1. The number of rotatable bonds is 4. The molecule has 0 aromatic carbocycles. The molecular formula is C15H14F3N5O4S. The van der Waals surface area contributed by atoms with Crippen molar-refractivity contribution in [1.82, 2.24) is 24.6 Å². The molecule has 150 valence electrons. The van der Waals surface area contributed by atoms with Crippen LogP contribution in [-0.4, -0.2) is 39.6 Å². The fourth-order valence-corrected chi connectivity index (χ4v) is 4.59. The fraction of sp³-hybridized carbons (Fsp3) is 0.400. The van der Waals surface area contributed by atoms with Crippen molar-refractivity contribution in [1.29, 1.82) is 0 Å². The Labute approximate surface area is 156 Å². The summed E-state index contributed by atoms with van der Waals surface area (Å²) in [6.45, 7) is 1.85. The number of nitrogens with one attached hydrogen (secondary N) is 1. The van der Waals surface area contributed by atoms with E-state index in [0.29, 0.717) is 18.7 Å². The smallest absolute Gasteiger partial charge is 0.432 e. The van der Waals surface area contributed by atoms with Gasteiger partial charge in [0.15, 0.2) is 11.6 Å². The SMILES string of the molecule is Cc1noc(C2CCCN2S(=O)(=O)c2ccc(-c3cc(C(F)(F)F)[nH]n3)o2)n1. The van der Waals surface area contributed by atoms with Crippen molar-refractivity contribution >= 4 is 10.0 Å². The van der Waals surface area contributed by atoms with E-state index in [1.165, 1.54) is 16.4 Å². The van der Waals surface area contributed by atoms with E-state index in [0.717, 1.165) is 6.07 Å². The van der Waals surface area contributed by atoms with Crippen LogP contribution >= 0.6 is 0 Å². The normalized spacial score (nSPS) is 18.8. The van der Waals surface area contributed by atoms with Crippen LogP contribution in [0.15, 0.2) is 32.2 Å². The highest BCUT2D eigenvalue weighted by molar-refractivity contribution is 7.89. The predicted molar refractivity (Wildman–Crippen MR) is 86.2 cm³/mol. The maximum atomic E-state index is 13.0. The van der Waals surface area contributed by atoms with Crippen LogP contribution in [0.25, 0.3) is 11.5 Å². The monoisotopic (exact) mass is 417 g/mol. The zero-order valence-electron chi connectivity index (χ0n) is 14.4. The Morgan fingerprint density at radius 3 is 2.75 bits per heavy atom. The summed E-state index contributed by atoms with van der Waals surface area (Å²) in [6.07, 6.45) is -3.51. The van der Waals surface area contributed by atoms with E-state index in [9.17, 15) is 21.6 Å². The highest BCUT2D eigenvalue weighted by Crippen LogP contribution is 2.37. The fourth-order valence-electron chi connectivity index (χ4n) is 3.03. The van der Waals surface area contributed by atoms with E-state index in [4.69, 9.17) is 8.94 Å². The van der Waals surface area contributed by atoms with Crippen molar-refractivity contribution in [2.24, 2.45) is 0 Å². The molecule has 1 N–H and O–H groups in total. The largest absolute Gasteiger partial charge is 0.442 e. The summed E-state index contributed by atoms with van der Waals surface area (Å²) in [5, 5.41) is 8.67. The average Bonchev–Trinajstić information content (AvgIpc) is 3.38. The zero-order valence-corrected chi connectivity index (χ0v) is 15.2. The molecular weight excluding hydrogens is 403 g/mol. The van der Waals surface area contributed by atoms with E-state index in [2.05, 4.69) is 15.2 Å². The summed E-state index contributed by atoms with van der Waals surface area (Å²) in [5.74, 6) is 0.473. The number of aromatic amines is 1. The van der Waals surface area contributed by atoms with Crippen LogP contribution in [0.4, 0.5) is 13.2 Å². The average molecular weight is 417 g/mol. The number of nitrogens with zero attached hydrogens (tertiary/aromatic N) is 4. The van der Waals surface area contributed by atoms with Crippen LogP contribution in [0.2, 0.25) is 0 Å². The Morgan fingerprint density at radius 1 is 1.32 bits per heavy atom. The quantitative estimate of drug-likeness (QED) is 0.693. The first-order valence-corrected chi connectivity index (χ1v) is 9.65. The van der Waals surface area contributed by atoms with E-state index in [-0.39, 0.29) is 23.9 Å². The van der Waals surface area contributed by atoms with Crippen molar-refractivity contribution in [3.8, 4) is 11.5 Å². The minimum atomic E-state index is -4.60. The standard InChI is InChI=1S/C15H14F3N5O4S/c1-8-19-14(27-22-8)10-3-2-6-23(10)28(24,25)13-5-4-11(26-13)9-7-12(21-20-9)15(16,17)18/h4-5,7,10H,2-3,6H2,1H3,(H,20,21). The lowest BCUT2D eigenvalue weighted by Gasteiger charge is -2.19. The molecule has 0 radical (unpaired) electrons. The van der Waals surface area contributed by atoms with Gasteiger partial charge in [0.1, 0.15) is 17.4 Å². The lowest BCUT2D eigenvalue weighted by atomic mass is 10.2. The summed E-state index contributed by atoms with van der Waals surface area (Å²) >= 11 is 0. The van der Waals surface area contributed by atoms with Gasteiger partial charge in [0.05, 0.1) is 0 Å². The van der Waals surface area contributed by atoms with E-state index in [1.54, 1.807) is 6.92 Å². The second kappa shape index (κ2) is 6.44. The van der Waals surface area contributed by atoms with Gasteiger partial charge in [0.25, 0.3) is 10.0 Å². The molecule has 4 rings (SSSR count). The van der Waals surface area contributed by atoms with Gasteiger partial charge < -0.3 is 8.94 Å². The third kappa shape index (κ3) is 3.20. The molecule has 0 saturated carbocycles. The van der Waals surface area contributed by atoms with Gasteiger partial charge >= 0.3 is 6.18 Å². The summed E-state index contributed by atoms with van der Waals surface area (Å²) in [6, 6.07) is 2.56. The van der Waals surface area contributed by atoms with E-state index < -0.39 is 33.0 Å². The second-order valence-electron chi connectivity index (χ2n) is 6.24. The van der Waals surface area contributed by atoms with Crippen molar-refractivity contribution in [3.05, 3.63) is 35.6 Å². The van der Waals surface area contributed by atoms with Gasteiger partial charge in [0, 0.05) is 6.54 Å². The van der Waals surface area contributed by atoms with Crippen LogP contribution in [0.5, 0.6) is 0 Å². The lowest BCUT2D eigenvalue weighted by Crippen LogP contribution is -2.30. The van der Waals surface area contributed by atoms with Crippen molar-refractivity contribution in [3.63, 3.8) is 0 Å². The molecule has 9 nitrogen and oxygen atoms in total. The molecule has 1 atom stereocenters. The molecule has 4 heterocycles. The third-order valence-corrected chi connectivity index (χ3v) is 6.09.